The van der Waals surface area contributed by atoms with Gasteiger partial charge in [-0.05, 0) is 77.0 Å². The van der Waals surface area contributed by atoms with E-state index in [0.29, 0.717) is 25.7 Å². The van der Waals surface area contributed by atoms with Crippen molar-refractivity contribution in [2.45, 2.75) is 374 Å². The SMILES string of the molecule is CCCCCCCC/C=C\C/C=C\C/C=C\CCCC(=O)OC[C@@H](COC(=O)CCCCCCCCCCCCC/C=C\CCCCCCCC)OC(=O)CCCCCCCCCCCCCCCCCCCCCCC. The second-order valence-electron chi connectivity index (χ2n) is 23.1. The lowest BCUT2D eigenvalue weighted by Crippen LogP contribution is -2.30. The van der Waals surface area contributed by atoms with Crippen molar-refractivity contribution in [1.82, 2.24) is 0 Å². The molecule has 450 valence electrons. The molecule has 6 heteroatoms. The molecule has 0 aliphatic carbocycles. The van der Waals surface area contributed by atoms with E-state index >= 15 is 0 Å². The molecule has 0 bridgehead atoms. The molecule has 0 spiro atoms. The zero-order valence-electron chi connectivity index (χ0n) is 51.7. The third-order valence-corrected chi connectivity index (χ3v) is 15.3. The van der Waals surface area contributed by atoms with Crippen LogP contribution in [-0.4, -0.2) is 37.2 Å². The zero-order valence-corrected chi connectivity index (χ0v) is 51.7. The van der Waals surface area contributed by atoms with Crippen molar-refractivity contribution in [3.05, 3.63) is 48.6 Å². The van der Waals surface area contributed by atoms with Crippen molar-refractivity contribution in [3.63, 3.8) is 0 Å². The number of esters is 3. The van der Waals surface area contributed by atoms with Gasteiger partial charge in [0.15, 0.2) is 6.10 Å². The van der Waals surface area contributed by atoms with Gasteiger partial charge in [0.2, 0.25) is 0 Å². The number of rotatable bonds is 63. The van der Waals surface area contributed by atoms with Crippen LogP contribution >= 0.6 is 0 Å². The molecule has 0 heterocycles. The lowest BCUT2D eigenvalue weighted by Gasteiger charge is -2.18. The van der Waals surface area contributed by atoms with Gasteiger partial charge < -0.3 is 14.2 Å². The summed E-state index contributed by atoms with van der Waals surface area (Å²) in [5.74, 6) is -0.915. The summed E-state index contributed by atoms with van der Waals surface area (Å²) < 4.78 is 16.9. The van der Waals surface area contributed by atoms with Crippen LogP contribution < -0.4 is 0 Å². The van der Waals surface area contributed by atoms with E-state index in [9.17, 15) is 14.4 Å². The number of carbonyl (C=O) groups excluding carboxylic acids is 3. The number of ether oxygens (including phenoxy) is 3. The van der Waals surface area contributed by atoms with Crippen LogP contribution in [0.2, 0.25) is 0 Å². The largest absolute Gasteiger partial charge is 0.462 e. The van der Waals surface area contributed by atoms with Crippen molar-refractivity contribution < 1.29 is 28.6 Å². The van der Waals surface area contributed by atoms with Crippen LogP contribution in [0.15, 0.2) is 48.6 Å². The maximum Gasteiger partial charge on any atom is 0.306 e. The van der Waals surface area contributed by atoms with Gasteiger partial charge in [0.25, 0.3) is 0 Å². The summed E-state index contributed by atoms with van der Waals surface area (Å²) in [6.07, 6.45) is 82.8. The van der Waals surface area contributed by atoms with Crippen LogP contribution in [0.5, 0.6) is 0 Å². The molecule has 1 atom stereocenters. The first-order valence-electron chi connectivity index (χ1n) is 34.1. The molecule has 0 N–H and O–H groups in total. The Hall–Kier alpha value is -2.63. The van der Waals surface area contributed by atoms with Crippen LogP contribution in [0.25, 0.3) is 0 Å². The van der Waals surface area contributed by atoms with Gasteiger partial charge in [-0.2, -0.15) is 0 Å². The topological polar surface area (TPSA) is 78.9 Å². The fourth-order valence-corrected chi connectivity index (χ4v) is 10.2. The lowest BCUT2D eigenvalue weighted by molar-refractivity contribution is -0.167. The Morgan fingerprint density at radius 3 is 0.792 bits per heavy atom. The molecule has 0 saturated carbocycles. The number of allylic oxidation sites excluding steroid dienone is 8. The van der Waals surface area contributed by atoms with Gasteiger partial charge in [-0.1, -0.05) is 320 Å². The first kappa shape index (κ1) is 74.4. The van der Waals surface area contributed by atoms with Crippen LogP contribution in [-0.2, 0) is 28.6 Å². The highest BCUT2D eigenvalue weighted by Gasteiger charge is 2.19. The maximum absolute atomic E-state index is 12.9. The van der Waals surface area contributed by atoms with E-state index in [1.165, 1.54) is 263 Å². The predicted molar refractivity (Wildman–Crippen MR) is 335 cm³/mol. The third kappa shape index (κ3) is 64.1. The monoisotopic (exact) mass is 1080 g/mol. The summed E-state index contributed by atoms with van der Waals surface area (Å²) in [5.41, 5.74) is 0. The number of hydrogen-bond acceptors (Lipinski definition) is 6. The van der Waals surface area contributed by atoms with E-state index in [-0.39, 0.29) is 31.1 Å². The minimum atomic E-state index is -0.793. The van der Waals surface area contributed by atoms with E-state index in [4.69, 9.17) is 14.2 Å². The summed E-state index contributed by atoms with van der Waals surface area (Å²) in [5, 5.41) is 0. The van der Waals surface area contributed by atoms with E-state index in [2.05, 4.69) is 69.4 Å². The molecule has 0 aliphatic rings. The average Bonchev–Trinajstić information content (AvgIpc) is 3.43. The van der Waals surface area contributed by atoms with Gasteiger partial charge in [0.1, 0.15) is 13.2 Å². The summed E-state index contributed by atoms with van der Waals surface area (Å²) in [7, 11) is 0. The molecule has 6 nitrogen and oxygen atoms in total. The molecule has 0 saturated heterocycles. The molecule has 0 aliphatic heterocycles. The Kier molecular flexibility index (Phi) is 63.6. The fourth-order valence-electron chi connectivity index (χ4n) is 10.2. The number of unbranched alkanes of at least 4 members (excludes halogenated alkanes) is 44. The summed E-state index contributed by atoms with van der Waals surface area (Å²) in [6.45, 7) is 6.65. The predicted octanol–water partition coefficient (Wildman–Crippen LogP) is 23.3. The second-order valence-corrected chi connectivity index (χ2v) is 23.1. The third-order valence-electron chi connectivity index (χ3n) is 15.3. The molecule has 0 aromatic rings. The molecule has 0 aromatic carbocycles. The quantitative estimate of drug-likeness (QED) is 0.0261. The van der Waals surface area contributed by atoms with Gasteiger partial charge >= 0.3 is 17.9 Å². The molecular weight excluding hydrogens is 949 g/mol. The number of hydrogen-bond donors (Lipinski definition) is 0. The standard InChI is InChI=1S/C71H130O6/c1-4-7-10-13-16-19-22-25-28-31-33-35-37-40-43-46-49-52-55-58-61-64-70(73)76-67-68(66-75-69(72)63-60-57-54-51-48-45-42-39-30-27-24-21-18-15-12-9-6-3)77-71(74)65-62-59-56-53-50-47-44-41-38-36-34-32-29-26-23-20-17-14-11-8-5-2/h25,27-28,30,42,45,51,54,68H,4-24,26,29,31-41,43-44,46-50,52-53,55-67H2,1-3H3/b28-25-,30-27-,45-42-,54-51-/t68-/m0/s1. The summed E-state index contributed by atoms with van der Waals surface area (Å²) in [4.78, 5) is 38.4. The average molecular weight is 1080 g/mol. The van der Waals surface area contributed by atoms with E-state index in [1.807, 2.05) is 0 Å². The Bertz CT molecular complexity index is 1330. The van der Waals surface area contributed by atoms with Gasteiger partial charge in [-0.3, -0.25) is 14.4 Å². The minimum Gasteiger partial charge on any atom is -0.462 e. The van der Waals surface area contributed by atoms with Crippen LogP contribution in [0.4, 0.5) is 0 Å². The van der Waals surface area contributed by atoms with E-state index < -0.39 is 6.10 Å². The van der Waals surface area contributed by atoms with Crippen LogP contribution in [0, 0.1) is 0 Å². The van der Waals surface area contributed by atoms with Crippen molar-refractivity contribution in [3.8, 4) is 0 Å². The molecule has 0 fully saturated rings. The smallest absolute Gasteiger partial charge is 0.306 e. The first-order valence-corrected chi connectivity index (χ1v) is 34.1. The van der Waals surface area contributed by atoms with Gasteiger partial charge in [0, 0.05) is 19.3 Å². The first-order chi connectivity index (χ1) is 38.0. The highest BCUT2D eigenvalue weighted by Crippen LogP contribution is 2.18. The fraction of sp³-hybridized carbons (Fsp3) is 0.845. The van der Waals surface area contributed by atoms with Crippen LogP contribution in [0.1, 0.15) is 367 Å². The highest BCUT2D eigenvalue weighted by atomic mass is 16.6. The van der Waals surface area contributed by atoms with Gasteiger partial charge in [-0.25, -0.2) is 0 Å². The molecule has 0 aromatic heterocycles. The molecule has 0 amide bonds. The lowest BCUT2D eigenvalue weighted by atomic mass is 10.0. The van der Waals surface area contributed by atoms with Crippen molar-refractivity contribution >= 4 is 17.9 Å². The van der Waals surface area contributed by atoms with Crippen molar-refractivity contribution in [2.24, 2.45) is 0 Å². The summed E-state index contributed by atoms with van der Waals surface area (Å²) >= 11 is 0. The minimum absolute atomic E-state index is 0.0850. The Morgan fingerprint density at radius 1 is 0.260 bits per heavy atom. The Morgan fingerprint density at radius 2 is 0.481 bits per heavy atom. The van der Waals surface area contributed by atoms with E-state index in [1.54, 1.807) is 0 Å². The molecule has 0 unspecified atom stereocenters. The second kappa shape index (κ2) is 65.9. The van der Waals surface area contributed by atoms with E-state index in [0.717, 1.165) is 57.8 Å². The Balaban J connectivity index is 4.37. The molecular formula is C71H130O6. The maximum atomic E-state index is 12.9. The van der Waals surface area contributed by atoms with Gasteiger partial charge in [-0.15, -0.1) is 0 Å². The molecule has 0 radical (unpaired) electrons. The zero-order chi connectivity index (χ0) is 55.7. The molecule has 0 rings (SSSR count). The normalized spacial score (nSPS) is 12.3. The Labute approximate surface area is 479 Å². The number of carbonyl (C=O) groups is 3. The van der Waals surface area contributed by atoms with Crippen LogP contribution in [0.3, 0.4) is 0 Å². The molecule has 77 heavy (non-hydrogen) atoms. The summed E-state index contributed by atoms with van der Waals surface area (Å²) in [6, 6.07) is 0. The van der Waals surface area contributed by atoms with Crippen molar-refractivity contribution in [2.75, 3.05) is 13.2 Å². The van der Waals surface area contributed by atoms with Crippen molar-refractivity contribution in [1.29, 1.82) is 0 Å². The highest BCUT2D eigenvalue weighted by molar-refractivity contribution is 5.71. The van der Waals surface area contributed by atoms with Gasteiger partial charge in [0.05, 0.1) is 0 Å².